The van der Waals surface area contributed by atoms with Crippen molar-refractivity contribution in [2.45, 2.75) is 6.54 Å². The summed E-state index contributed by atoms with van der Waals surface area (Å²) in [4.78, 5) is 16.3. The van der Waals surface area contributed by atoms with Crippen LogP contribution in [0.3, 0.4) is 0 Å². The van der Waals surface area contributed by atoms with Gasteiger partial charge in [0.15, 0.2) is 5.13 Å². The van der Waals surface area contributed by atoms with Crippen LogP contribution in [-0.4, -0.2) is 11.0 Å². The van der Waals surface area contributed by atoms with E-state index in [2.05, 4.69) is 15.6 Å². The average molecular weight is 344 g/mol. The zero-order chi connectivity index (χ0) is 16.1. The Balaban J connectivity index is 1.58. The van der Waals surface area contributed by atoms with Gasteiger partial charge in [-0.2, -0.15) is 0 Å². The number of hydrogen-bond acceptors (Lipinski definition) is 3. The number of aromatic nitrogens is 1. The highest BCUT2D eigenvalue weighted by molar-refractivity contribution is 7.14. The second-order valence-electron chi connectivity index (χ2n) is 4.84. The Morgan fingerprint density at radius 1 is 1.09 bits per heavy atom. The van der Waals surface area contributed by atoms with Crippen molar-refractivity contribution in [1.29, 1.82) is 0 Å². The van der Waals surface area contributed by atoms with Crippen molar-refractivity contribution < 1.29 is 4.79 Å². The van der Waals surface area contributed by atoms with E-state index in [0.29, 0.717) is 16.7 Å². The minimum atomic E-state index is -0.272. The number of rotatable bonds is 4. The Morgan fingerprint density at radius 2 is 1.83 bits per heavy atom. The predicted molar refractivity (Wildman–Crippen MR) is 94.9 cm³/mol. The van der Waals surface area contributed by atoms with Crippen LogP contribution in [0, 0.1) is 0 Å². The van der Waals surface area contributed by atoms with Gasteiger partial charge < -0.3 is 5.32 Å². The zero-order valence-electron chi connectivity index (χ0n) is 12.1. The predicted octanol–water partition coefficient (Wildman–Crippen LogP) is 4.79. The second kappa shape index (κ2) is 7.26. The SMILES string of the molecule is O=C(NCc1ccccc1)Nc1nc(-c2ccc(Cl)cc2)cs1. The summed E-state index contributed by atoms with van der Waals surface area (Å²) in [5.41, 5.74) is 2.82. The van der Waals surface area contributed by atoms with Gasteiger partial charge in [0, 0.05) is 22.5 Å². The molecule has 3 rings (SSSR count). The van der Waals surface area contributed by atoms with Crippen molar-refractivity contribution in [1.82, 2.24) is 10.3 Å². The fraction of sp³-hybridized carbons (Fsp3) is 0.0588. The van der Waals surface area contributed by atoms with Gasteiger partial charge >= 0.3 is 6.03 Å². The number of halogens is 1. The third-order valence-electron chi connectivity index (χ3n) is 3.16. The molecular formula is C17H14ClN3OS. The average Bonchev–Trinajstić information content (AvgIpc) is 3.03. The van der Waals surface area contributed by atoms with Crippen LogP contribution in [0.25, 0.3) is 11.3 Å². The van der Waals surface area contributed by atoms with Gasteiger partial charge in [0.1, 0.15) is 0 Å². The minimum absolute atomic E-state index is 0.272. The summed E-state index contributed by atoms with van der Waals surface area (Å²) in [5.74, 6) is 0. The standard InChI is InChI=1S/C17H14ClN3OS/c18-14-8-6-13(7-9-14)15-11-23-17(20-15)21-16(22)19-10-12-4-2-1-3-5-12/h1-9,11H,10H2,(H2,19,20,21,22). The Labute approximate surface area is 143 Å². The molecule has 2 aromatic carbocycles. The molecule has 0 radical (unpaired) electrons. The topological polar surface area (TPSA) is 54.0 Å². The summed E-state index contributed by atoms with van der Waals surface area (Å²) in [6, 6.07) is 16.9. The molecule has 0 aliphatic rings. The van der Waals surface area contributed by atoms with Crippen LogP contribution in [-0.2, 0) is 6.54 Å². The van der Waals surface area contributed by atoms with Gasteiger partial charge in [-0.05, 0) is 17.7 Å². The van der Waals surface area contributed by atoms with Crippen molar-refractivity contribution in [3.05, 3.63) is 70.6 Å². The molecule has 2 amide bonds. The summed E-state index contributed by atoms with van der Waals surface area (Å²) in [6.45, 7) is 0.474. The molecule has 0 fully saturated rings. The number of nitrogens with zero attached hydrogens (tertiary/aromatic N) is 1. The third-order valence-corrected chi connectivity index (χ3v) is 4.17. The molecule has 2 N–H and O–H groups in total. The molecule has 0 saturated carbocycles. The molecule has 0 spiro atoms. The number of urea groups is 1. The van der Waals surface area contributed by atoms with E-state index in [1.807, 2.05) is 60.0 Å². The van der Waals surface area contributed by atoms with Crippen LogP contribution in [0.15, 0.2) is 60.0 Å². The van der Waals surface area contributed by atoms with E-state index in [4.69, 9.17) is 11.6 Å². The lowest BCUT2D eigenvalue weighted by Crippen LogP contribution is -2.28. The van der Waals surface area contributed by atoms with Gasteiger partial charge in [0.2, 0.25) is 0 Å². The van der Waals surface area contributed by atoms with Crippen LogP contribution in [0.1, 0.15) is 5.56 Å². The molecule has 0 saturated heterocycles. The number of carbonyl (C=O) groups is 1. The van der Waals surface area contributed by atoms with Crippen LogP contribution in [0.5, 0.6) is 0 Å². The number of benzene rings is 2. The van der Waals surface area contributed by atoms with Crippen molar-refractivity contribution in [3.8, 4) is 11.3 Å². The molecule has 1 heterocycles. The van der Waals surface area contributed by atoms with Crippen molar-refractivity contribution in [2.75, 3.05) is 5.32 Å². The molecule has 116 valence electrons. The van der Waals surface area contributed by atoms with Crippen LogP contribution in [0.4, 0.5) is 9.93 Å². The van der Waals surface area contributed by atoms with Gasteiger partial charge in [0.25, 0.3) is 0 Å². The maximum atomic E-state index is 11.9. The fourth-order valence-corrected chi connectivity index (χ4v) is 2.84. The van der Waals surface area contributed by atoms with Crippen molar-refractivity contribution >= 4 is 34.1 Å². The molecule has 0 bridgehead atoms. The number of nitrogens with one attached hydrogen (secondary N) is 2. The number of carbonyl (C=O) groups excluding carboxylic acids is 1. The monoisotopic (exact) mass is 343 g/mol. The van der Waals surface area contributed by atoms with E-state index in [1.54, 1.807) is 0 Å². The van der Waals surface area contributed by atoms with Gasteiger partial charge in [-0.25, -0.2) is 9.78 Å². The van der Waals surface area contributed by atoms with Crippen LogP contribution < -0.4 is 10.6 Å². The maximum Gasteiger partial charge on any atom is 0.321 e. The van der Waals surface area contributed by atoms with Gasteiger partial charge in [-0.1, -0.05) is 54.1 Å². The van der Waals surface area contributed by atoms with Gasteiger partial charge in [-0.3, -0.25) is 5.32 Å². The van der Waals surface area contributed by atoms with Gasteiger partial charge in [-0.15, -0.1) is 11.3 Å². The lowest BCUT2D eigenvalue weighted by molar-refractivity contribution is 0.251. The molecular weight excluding hydrogens is 330 g/mol. The maximum absolute atomic E-state index is 11.9. The Hall–Kier alpha value is -2.37. The quantitative estimate of drug-likeness (QED) is 0.716. The first-order valence-electron chi connectivity index (χ1n) is 7.01. The summed E-state index contributed by atoms with van der Waals surface area (Å²) < 4.78 is 0. The molecule has 1 aromatic heterocycles. The number of hydrogen-bond donors (Lipinski definition) is 2. The first-order chi connectivity index (χ1) is 11.2. The Bertz CT molecular complexity index is 787. The van der Waals surface area contributed by atoms with E-state index in [9.17, 15) is 4.79 Å². The first kappa shape index (κ1) is 15.5. The molecule has 3 aromatic rings. The molecule has 23 heavy (non-hydrogen) atoms. The first-order valence-corrected chi connectivity index (χ1v) is 8.27. The number of anilines is 1. The summed E-state index contributed by atoms with van der Waals surface area (Å²) >= 11 is 7.26. The van der Waals surface area contributed by atoms with E-state index in [1.165, 1.54) is 11.3 Å². The summed E-state index contributed by atoms with van der Waals surface area (Å²) in [6.07, 6.45) is 0. The number of amides is 2. The van der Waals surface area contributed by atoms with E-state index < -0.39 is 0 Å². The normalized spacial score (nSPS) is 10.3. The van der Waals surface area contributed by atoms with E-state index in [-0.39, 0.29) is 6.03 Å². The highest BCUT2D eigenvalue weighted by Gasteiger charge is 2.07. The highest BCUT2D eigenvalue weighted by atomic mass is 35.5. The van der Waals surface area contributed by atoms with Crippen molar-refractivity contribution in [3.63, 3.8) is 0 Å². The molecule has 0 aliphatic heterocycles. The highest BCUT2D eigenvalue weighted by Crippen LogP contribution is 2.25. The molecule has 0 unspecified atom stereocenters. The molecule has 4 nitrogen and oxygen atoms in total. The smallest absolute Gasteiger partial charge is 0.321 e. The lowest BCUT2D eigenvalue weighted by atomic mass is 10.2. The molecule has 0 atom stereocenters. The summed E-state index contributed by atoms with van der Waals surface area (Å²) in [5, 5.41) is 8.69. The number of thiazole rings is 1. The Kier molecular flexibility index (Phi) is 4.90. The fourth-order valence-electron chi connectivity index (χ4n) is 2.00. The zero-order valence-corrected chi connectivity index (χ0v) is 13.7. The largest absolute Gasteiger partial charge is 0.334 e. The Morgan fingerprint density at radius 3 is 2.57 bits per heavy atom. The van der Waals surface area contributed by atoms with Crippen molar-refractivity contribution in [2.24, 2.45) is 0 Å². The molecule has 0 aliphatic carbocycles. The van der Waals surface area contributed by atoms with Crippen LogP contribution >= 0.6 is 22.9 Å². The minimum Gasteiger partial charge on any atom is -0.334 e. The second-order valence-corrected chi connectivity index (χ2v) is 6.13. The summed E-state index contributed by atoms with van der Waals surface area (Å²) in [7, 11) is 0. The van der Waals surface area contributed by atoms with E-state index >= 15 is 0 Å². The molecule has 6 heteroatoms. The third kappa shape index (κ3) is 4.31. The van der Waals surface area contributed by atoms with Crippen LogP contribution in [0.2, 0.25) is 5.02 Å². The van der Waals surface area contributed by atoms with Gasteiger partial charge in [0.05, 0.1) is 5.69 Å². The lowest BCUT2D eigenvalue weighted by Gasteiger charge is -2.05. The van der Waals surface area contributed by atoms with E-state index in [0.717, 1.165) is 16.8 Å².